The second-order valence-electron chi connectivity index (χ2n) is 5.46. The van der Waals surface area contributed by atoms with Crippen molar-refractivity contribution in [1.82, 2.24) is 10.2 Å². The van der Waals surface area contributed by atoms with Crippen molar-refractivity contribution < 1.29 is 18.8 Å². The zero-order valence-electron chi connectivity index (χ0n) is 13.3. The molecule has 0 bridgehead atoms. The van der Waals surface area contributed by atoms with E-state index in [0.717, 1.165) is 4.90 Å². The zero-order chi connectivity index (χ0) is 18.7. The predicted molar refractivity (Wildman–Crippen MR) is 94.7 cm³/mol. The lowest BCUT2D eigenvalue weighted by molar-refractivity contribution is -0.127. The lowest BCUT2D eigenvalue weighted by Gasteiger charge is -2.12. The van der Waals surface area contributed by atoms with Crippen molar-refractivity contribution in [3.8, 4) is 0 Å². The fourth-order valence-corrected chi connectivity index (χ4v) is 2.46. The number of halogens is 2. The zero-order valence-corrected chi connectivity index (χ0v) is 14.1. The van der Waals surface area contributed by atoms with Gasteiger partial charge in [0.1, 0.15) is 18.1 Å². The highest BCUT2D eigenvalue weighted by atomic mass is 35.5. The monoisotopic (exact) mass is 373 g/mol. The van der Waals surface area contributed by atoms with Crippen LogP contribution >= 0.6 is 11.6 Å². The number of carbonyl (C=O) groups excluding carboxylic acids is 3. The Hall–Kier alpha value is -3.19. The quantitative estimate of drug-likeness (QED) is 0.638. The fourth-order valence-electron chi connectivity index (χ4n) is 2.34. The van der Waals surface area contributed by atoms with Crippen molar-refractivity contribution >= 4 is 41.2 Å². The molecule has 26 heavy (non-hydrogen) atoms. The third-order valence-corrected chi connectivity index (χ3v) is 3.84. The van der Waals surface area contributed by atoms with Gasteiger partial charge in [-0.25, -0.2) is 14.1 Å². The average molecular weight is 374 g/mol. The molecule has 2 N–H and O–H groups in total. The molecule has 0 unspecified atom stereocenters. The second-order valence-corrected chi connectivity index (χ2v) is 5.90. The van der Waals surface area contributed by atoms with E-state index >= 15 is 0 Å². The van der Waals surface area contributed by atoms with Gasteiger partial charge in [0.05, 0.1) is 5.69 Å². The van der Waals surface area contributed by atoms with E-state index in [2.05, 4.69) is 10.6 Å². The number of anilines is 1. The van der Waals surface area contributed by atoms with Crippen molar-refractivity contribution in [3.63, 3.8) is 0 Å². The summed E-state index contributed by atoms with van der Waals surface area (Å²) < 4.78 is 13.6. The van der Waals surface area contributed by atoms with Crippen LogP contribution in [0.15, 0.2) is 54.2 Å². The Bertz CT molecular complexity index is 912. The van der Waals surface area contributed by atoms with Crippen molar-refractivity contribution in [1.29, 1.82) is 0 Å². The van der Waals surface area contributed by atoms with Gasteiger partial charge in [0.2, 0.25) is 5.91 Å². The number of para-hydroxylation sites is 1. The molecule has 0 atom stereocenters. The smallest absolute Gasteiger partial charge is 0.322 e. The van der Waals surface area contributed by atoms with Gasteiger partial charge in [-0.2, -0.15) is 0 Å². The standard InChI is InChI=1S/C18H13ClFN3O3/c19-12-7-5-11(6-8-12)9-15-17(25)23(18(26)22-15)10-16(24)21-14-4-2-1-3-13(14)20/h1-9H,10H2,(H,21,24)(H,22,26)/b15-9+. The third-order valence-electron chi connectivity index (χ3n) is 3.59. The Labute approximate surface area is 153 Å². The van der Waals surface area contributed by atoms with E-state index in [9.17, 15) is 18.8 Å². The molecule has 1 aliphatic rings. The van der Waals surface area contributed by atoms with Gasteiger partial charge in [-0.15, -0.1) is 0 Å². The van der Waals surface area contributed by atoms with Gasteiger partial charge in [-0.1, -0.05) is 35.9 Å². The molecule has 8 heteroatoms. The number of rotatable bonds is 4. The van der Waals surface area contributed by atoms with Gasteiger partial charge in [-0.3, -0.25) is 9.59 Å². The molecule has 132 valence electrons. The molecular weight excluding hydrogens is 361 g/mol. The van der Waals surface area contributed by atoms with Crippen LogP contribution in [0, 0.1) is 5.82 Å². The number of benzene rings is 2. The summed E-state index contributed by atoms with van der Waals surface area (Å²) >= 11 is 5.80. The van der Waals surface area contributed by atoms with E-state index in [1.165, 1.54) is 24.3 Å². The molecule has 0 radical (unpaired) electrons. The topological polar surface area (TPSA) is 78.5 Å². The highest BCUT2D eigenvalue weighted by molar-refractivity contribution is 6.30. The highest BCUT2D eigenvalue weighted by Crippen LogP contribution is 2.17. The van der Waals surface area contributed by atoms with Crippen LogP contribution in [0.2, 0.25) is 5.02 Å². The van der Waals surface area contributed by atoms with Gasteiger partial charge in [0, 0.05) is 5.02 Å². The van der Waals surface area contributed by atoms with E-state index in [0.29, 0.717) is 10.6 Å². The van der Waals surface area contributed by atoms with E-state index < -0.39 is 30.2 Å². The van der Waals surface area contributed by atoms with Crippen LogP contribution in [0.3, 0.4) is 0 Å². The van der Waals surface area contributed by atoms with Crippen molar-refractivity contribution in [3.05, 3.63) is 70.6 Å². The molecule has 0 aromatic heterocycles. The van der Waals surface area contributed by atoms with Gasteiger partial charge < -0.3 is 10.6 Å². The Morgan fingerprint density at radius 3 is 2.54 bits per heavy atom. The Kier molecular flexibility index (Phi) is 4.99. The second kappa shape index (κ2) is 7.37. The molecule has 0 spiro atoms. The maximum absolute atomic E-state index is 13.6. The number of hydrogen-bond donors (Lipinski definition) is 2. The number of hydrogen-bond acceptors (Lipinski definition) is 3. The first-order valence-electron chi connectivity index (χ1n) is 7.58. The van der Waals surface area contributed by atoms with Gasteiger partial charge >= 0.3 is 6.03 Å². The van der Waals surface area contributed by atoms with E-state index in [4.69, 9.17) is 11.6 Å². The maximum Gasteiger partial charge on any atom is 0.329 e. The molecule has 1 heterocycles. The number of nitrogens with zero attached hydrogens (tertiary/aromatic N) is 1. The van der Waals surface area contributed by atoms with Crippen LogP contribution in [0.5, 0.6) is 0 Å². The van der Waals surface area contributed by atoms with Gasteiger partial charge in [-0.05, 0) is 35.9 Å². The number of amides is 4. The molecule has 1 fully saturated rings. The van der Waals surface area contributed by atoms with Crippen molar-refractivity contribution in [2.24, 2.45) is 0 Å². The van der Waals surface area contributed by atoms with Crippen LogP contribution in [0.1, 0.15) is 5.56 Å². The lowest BCUT2D eigenvalue weighted by Crippen LogP contribution is -2.38. The summed E-state index contributed by atoms with van der Waals surface area (Å²) in [5, 5.41) is 5.28. The summed E-state index contributed by atoms with van der Waals surface area (Å²) in [5.41, 5.74) is 0.674. The average Bonchev–Trinajstić information content (AvgIpc) is 2.86. The Morgan fingerprint density at radius 1 is 1.15 bits per heavy atom. The molecule has 1 saturated heterocycles. The molecule has 1 aliphatic heterocycles. The number of urea groups is 1. The minimum atomic E-state index is -0.723. The largest absolute Gasteiger partial charge is 0.329 e. The first kappa shape index (κ1) is 17.6. The van der Waals surface area contributed by atoms with Gasteiger partial charge in [0.15, 0.2) is 0 Å². The van der Waals surface area contributed by atoms with Gasteiger partial charge in [0.25, 0.3) is 5.91 Å². The molecule has 2 aromatic carbocycles. The number of imide groups is 1. The molecule has 4 amide bonds. The molecule has 3 rings (SSSR count). The summed E-state index contributed by atoms with van der Waals surface area (Å²) in [6, 6.07) is 11.5. The molecule has 6 nitrogen and oxygen atoms in total. The minimum Gasteiger partial charge on any atom is -0.322 e. The van der Waals surface area contributed by atoms with Crippen LogP contribution < -0.4 is 10.6 Å². The van der Waals surface area contributed by atoms with Crippen molar-refractivity contribution in [2.45, 2.75) is 0 Å². The van der Waals surface area contributed by atoms with E-state index in [1.54, 1.807) is 30.3 Å². The fraction of sp³-hybridized carbons (Fsp3) is 0.0556. The minimum absolute atomic E-state index is 0.0264. The predicted octanol–water partition coefficient (Wildman–Crippen LogP) is 3.01. The summed E-state index contributed by atoms with van der Waals surface area (Å²) in [5.74, 6) is -1.94. The van der Waals surface area contributed by atoms with E-state index in [1.807, 2.05) is 0 Å². The maximum atomic E-state index is 13.6. The SMILES string of the molecule is O=C(CN1C(=O)N/C(=C/c2ccc(Cl)cc2)C1=O)Nc1ccccc1F. The molecular formula is C18H13ClFN3O3. The first-order chi connectivity index (χ1) is 12.4. The number of carbonyl (C=O) groups is 3. The van der Waals surface area contributed by atoms with Crippen LogP contribution in [0.25, 0.3) is 6.08 Å². The van der Waals surface area contributed by atoms with Crippen LogP contribution in [-0.4, -0.2) is 29.3 Å². The summed E-state index contributed by atoms with van der Waals surface area (Å²) in [6.45, 7) is -0.531. The molecule has 0 saturated carbocycles. The third kappa shape index (κ3) is 3.89. The number of nitrogens with one attached hydrogen (secondary N) is 2. The molecule has 0 aliphatic carbocycles. The molecule has 2 aromatic rings. The Morgan fingerprint density at radius 2 is 1.85 bits per heavy atom. The normalized spacial score (nSPS) is 15.3. The van der Waals surface area contributed by atoms with E-state index in [-0.39, 0.29) is 11.4 Å². The summed E-state index contributed by atoms with van der Waals surface area (Å²) in [4.78, 5) is 37.1. The van der Waals surface area contributed by atoms with Crippen LogP contribution in [0.4, 0.5) is 14.9 Å². The highest BCUT2D eigenvalue weighted by Gasteiger charge is 2.34. The van der Waals surface area contributed by atoms with Crippen LogP contribution in [-0.2, 0) is 9.59 Å². The summed E-state index contributed by atoms with van der Waals surface area (Å²) in [7, 11) is 0. The first-order valence-corrected chi connectivity index (χ1v) is 7.96. The van der Waals surface area contributed by atoms with Crippen molar-refractivity contribution in [2.75, 3.05) is 11.9 Å². The Balaban J connectivity index is 1.70. The lowest BCUT2D eigenvalue weighted by atomic mass is 10.2. The summed E-state index contributed by atoms with van der Waals surface area (Å²) in [6.07, 6.45) is 1.48.